The van der Waals surface area contributed by atoms with Crippen LogP contribution >= 0.6 is 11.6 Å². The number of nitrogens with zero attached hydrogens (tertiary/aromatic N) is 6. The number of nitrogens with one attached hydrogen (secondary N) is 2. The van der Waals surface area contributed by atoms with Crippen LogP contribution in [0.1, 0.15) is 56.5 Å². The van der Waals surface area contributed by atoms with E-state index in [1.807, 2.05) is 60.5 Å². The van der Waals surface area contributed by atoms with Gasteiger partial charge in [-0.1, -0.05) is 35.9 Å². The highest BCUT2D eigenvalue weighted by molar-refractivity contribution is 6.36. The predicted molar refractivity (Wildman–Crippen MR) is 175 cm³/mol. The van der Waals surface area contributed by atoms with Crippen molar-refractivity contribution >= 4 is 34.8 Å². The summed E-state index contributed by atoms with van der Waals surface area (Å²) in [4.78, 5) is 40.5. The van der Waals surface area contributed by atoms with Gasteiger partial charge in [-0.25, -0.2) is 9.97 Å². The summed E-state index contributed by atoms with van der Waals surface area (Å²) in [6.07, 6.45) is 1.18. The number of amides is 2. The summed E-state index contributed by atoms with van der Waals surface area (Å²) >= 11 is 6.92. The maximum Gasteiger partial charge on any atom is 0.291 e. The second-order valence-corrected chi connectivity index (χ2v) is 12.5. The molecule has 12 heteroatoms. The molecule has 6 rings (SSSR count). The Bertz CT molecular complexity index is 1790. The number of halogens is 1. The Balaban J connectivity index is 1.22. The van der Waals surface area contributed by atoms with Crippen LogP contribution in [-0.2, 0) is 40.0 Å². The number of hydrogen-bond acceptors (Lipinski definition) is 7. The minimum atomic E-state index is -0.429. The van der Waals surface area contributed by atoms with E-state index in [4.69, 9.17) is 11.6 Å². The zero-order valence-corrected chi connectivity index (χ0v) is 27.1. The number of aliphatic hydroxyl groups is 1. The number of carbonyl (C=O) groups is 2. The molecule has 2 aromatic carbocycles. The average molecular weight is 631 g/mol. The Hall–Kier alpha value is -4.03. The third kappa shape index (κ3) is 6.00. The summed E-state index contributed by atoms with van der Waals surface area (Å²) in [7, 11) is 5.80. The summed E-state index contributed by atoms with van der Waals surface area (Å²) in [6.45, 7) is 7.31. The Morgan fingerprint density at radius 1 is 0.867 bits per heavy atom. The van der Waals surface area contributed by atoms with Crippen molar-refractivity contribution in [2.45, 2.75) is 45.9 Å². The molecule has 0 saturated heterocycles. The van der Waals surface area contributed by atoms with Gasteiger partial charge in [-0.3, -0.25) is 14.5 Å². The third-order valence-corrected chi connectivity index (χ3v) is 9.24. The van der Waals surface area contributed by atoms with Crippen LogP contribution in [0.15, 0.2) is 36.4 Å². The van der Waals surface area contributed by atoms with E-state index >= 15 is 0 Å². The van der Waals surface area contributed by atoms with E-state index in [1.165, 1.54) is 0 Å². The SMILES string of the molecule is Cc1c(NC(=O)c2nc3c(n2C)CCN(C)C3)cccc1-c1cccc(NC(=O)c2nc3c(n2C)CCN(C[C@H](C)O)C3)c1Cl. The normalized spacial score (nSPS) is 15.8. The summed E-state index contributed by atoms with van der Waals surface area (Å²) in [5.74, 6) is 0.0710. The number of benzene rings is 2. The summed E-state index contributed by atoms with van der Waals surface area (Å²) in [5, 5.41) is 16.2. The third-order valence-electron chi connectivity index (χ3n) is 8.83. The van der Waals surface area contributed by atoms with Gasteiger partial charge in [-0.05, 0) is 44.2 Å². The molecule has 1 atom stereocenters. The zero-order valence-electron chi connectivity index (χ0n) is 26.3. The summed E-state index contributed by atoms with van der Waals surface area (Å²) in [6, 6.07) is 11.2. The second kappa shape index (κ2) is 12.4. The largest absolute Gasteiger partial charge is 0.392 e. The molecule has 0 radical (unpaired) electrons. The highest BCUT2D eigenvalue weighted by atomic mass is 35.5. The lowest BCUT2D eigenvalue weighted by atomic mass is 9.98. The first-order valence-electron chi connectivity index (χ1n) is 15.2. The molecule has 0 bridgehead atoms. The molecule has 0 spiro atoms. The minimum Gasteiger partial charge on any atom is -0.392 e. The minimum absolute atomic E-state index is 0.270. The number of fused-ring (bicyclic) bond motifs is 2. The predicted octanol–water partition coefficient (Wildman–Crippen LogP) is 4.01. The molecule has 3 N–H and O–H groups in total. The number of imidazole rings is 2. The molecular formula is C33H39ClN8O3. The Kier molecular flexibility index (Phi) is 8.53. The lowest BCUT2D eigenvalue weighted by Crippen LogP contribution is -2.36. The van der Waals surface area contributed by atoms with Gasteiger partial charge in [-0.2, -0.15) is 0 Å². The number of anilines is 2. The number of carbonyl (C=O) groups excluding carboxylic acids is 2. The molecule has 0 fully saturated rings. The van der Waals surface area contributed by atoms with E-state index in [0.29, 0.717) is 41.1 Å². The van der Waals surface area contributed by atoms with Crippen molar-refractivity contribution in [2.24, 2.45) is 14.1 Å². The van der Waals surface area contributed by atoms with Crippen LogP contribution in [0, 0.1) is 6.92 Å². The maximum absolute atomic E-state index is 13.4. The molecule has 0 unspecified atom stereocenters. The van der Waals surface area contributed by atoms with Gasteiger partial charge < -0.3 is 29.8 Å². The van der Waals surface area contributed by atoms with E-state index < -0.39 is 6.10 Å². The fourth-order valence-corrected chi connectivity index (χ4v) is 6.71. The maximum atomic E-state index is 13.4. The molecule has 4 heterocycles. The summed E-state index contributed by atoms with van der Waals surface area (Å²) < 4.78 is 3.73. The quantitative estimate of drug-likeness (QED) is 0.282. The molecule has 45 heavy (non-hydrogen) atoms. The Morgan fingerprint density at radius 2 is 1.42 bits per heavy atom. The van der Waals surface area contributed by atoms with E-state index in [2.05, 4.69) is 37.4 Å². The van der Waals surface area contributed by atoms with E-state index in [0.717, 1.165) is 71.9 Å². The van der Waals surface area contributed by atoms with Gasteiger partial charge in [0, 0.05) is 82.3 Å². The molecule has 2 aliphatic heterocycles. The Labute approximate surface area is 267 Å². The number of aliphatic hydroxyl groups excluding tert-OH is 1. The van der Waals surface area contributed by atoms with Crippen molar-refractivity contribution in [3.05, 3.63) is 81.4 Å². The van der Waals surface area contributed by atoms with Gasteiger partial charge in [0.05, 0.1) is 28.2 Å². The van der Waals surface area contributed by atoms with Crippen LogP contribution in [-0.4, -0.2) is 78.6 Å². The number of aromatic nitrogens is 4. The van der Waals surface area contributed by atoms with Gasteiger partial charge in [0.25, 0.3) is 11.8 Å². The average Bonchev–Trinajstić information content (AvgIpc) is 3.50. The molecule has 2 aromatic heterocycles. The van der Waals surface area contributed by atoms with Crippen molar-refractivity contribution in [2.75, 3.05) is 37.3 Å². The molecule has 0 aliphatic carbocycles. The van der Waals surface area contributed by atoms with E-state index in [9.17, 15) is 14.7 Å². The smallest absolute Gasteiger partial charge is 0.291 e. The van der Waals surface area contributed by atoms with Gasteiger partial charge >= 0.3 is 0 Å². The standard InChI is InChI=1S/C33H39ClN8O3/c1-19(43)16-42-15-13-28-26(18-42)36-31(41(28)5)33(45)38-24-11-7-9-22(29(24)34)21-8-6-10-23(20(21)2)37-32(44)30-35-25-17-39(3)14-12-27(25)40(30)4/h6-11,19,43H,12-18H2,1-5H3,(H,37,44)(H,38,45)/t19-/m0/s1. The second-order valence-electron chi connectivity index (χ2n) is 12.2. The van der Waals surface area contributed by atoms with E-state index in [1.54, 1.807) is 13.0 Å². The molecule has 4 aromatic rings. The van der Waals surface area contributed by atoms with Crippen LogP contribution in [0.3, 0.4) is 0 Å². The molecule has 2 amide bonds. The first kappa shape index (κ1) is 31.0. The van der Waals surface area contributed by atoms with E-state index in [-0.39, 0.29) is 11.8 Å². The highest BCUT2D eigenvalue weighted by Gasteiger charge is 2.27. The molecule has 0 saturated carbocycles. The van der Waals surface area contributed by atoms with Crippen molar-refractivity contribution in [1.29, 1.82) is 0 Å². The fourth-order valence-electron chi connectivity index (χ4n) is 6.43. The molecule has 2 aliphatic rings. The van der Waals surface area contributed by atoms with Gasteiger partial charge in [0.1, 0.15) is 0 Å². The topological polar surface area (TPSA) is 121 Å². The van der Waals surface area contributed by atoms with Crippen molar-refractivity contribution in [1.82, 2.24) is 28.9 Å². The van der Waals surface area contributed by atoms with Gasteiger partial charge in [-0.15, -0.1) is 0 Å². The monoisotopic (exact) mass is 630 g/mol. The van der Waals surface area contributed by atoms with Crippen molar-refractivity contribution in [3.63, 3.8) is 0 Å². The van der Waals surface area contributed by atoms with Crippen molar-refractivity contribution in [3.8, 4) is 11.1 Å². The van der Waals surface area contributed by atoms with Gasteiger partial charge in [0.15, 0.2) is 11.6 Å². The van der Waals surface area contributed by atoms with Crippen LogP contribution in [0.2, 0.25) is 5.02 Å². The highest BCUT2D eigenvalue weighted by Crippen LogP contribution is 2.38. The lowest BCUT2D eigenvalue weighted by Gasteiger charge is -2.27. The first-order chi connectivity index (χ1) is 21.5. The molecule has 236 valence electrons. The molecule has 11 nitrogen and oxygen atoms in total. The first-order valence-corrected chi connectivity index (χ1v) is 15.6. The number of rotatable bonds is 7. The number of hydrogen-bond donors (Lipinski definition) is 3. The number of likely N-dealkylation sites (N-methyl/N-ethyl adjacent to an activating group) is 1. The zero-order chi connectivity index (χ0) is 32.0. The van der Waals surface area contributed by atoms with Crippen LogP contribution < -0.4 is 10.6 Å². The van der Waals surface area contributed by atoms with Crippen LogP contribution in [0.5, 0.6) is 0 Å². The van der Waals surface area contributed by atoms with Gasteiger partial charge in [0.2, 0.25) is 0 Å². The van der Waals surface area contributed by atoms with Crippen molar-refractivity contribution < 1.29 is 14.7 Å². The summed E-state index contributed by atoms with van der Waals surface area (Å²) in [5.41, 5.74) is 7.43. The Morgan fingerprint density at radius 3 is 2.07 bits per heavy atom. The van der Waals surface area contributed by atoms with Crippen LogP contribution in [0.4, 0.5) is 11.4 Å². The molecular weight excluding hydrogens is 592 g/mol. The fraction of sp³-hybridized carbons (Fsp3) is 0.394. The van der Waals surface area contributed by atoms with Crippen LogP contribution in [0.25, 0.3) is 11.1 Å². The lowest BCUT2D eigenvalue weighted by molar-refractivity contribution is 0.100. The number of β-amino-alcohol motifs (C(OH)–C–C–N with tert-alkyl or cyclic N) is 1.